The fourth-order valence-electron chi connectivity index (χ4n) is 4.22. The highest BCUT2D eigenvalue weighted by molar-refractivity contribution is 7.93. The van der Waals surface area contributed by atoms with Gasteiger partial charge in [0.15, 0.2) is 9.84 Å². The molecule has 38 heavy (non-hydrogen) atoms. The summed E-state index contributed by atoms with van der Waals surface area (Å²) in [5.41, 5.74) is -0.260. The molecule has 0 spiro atoms. The maximum atomic E-state index is 13.8. The third kappa shape index (κ3) is 6.28. The first-order valence-electron chi connectivity index (χ1n) is 12.2. The van der Waals surface area contributed by atoms with E-state index in [0.29, 0.717) is 18.4 Å². The van der Waals surface area contributed by atoms with Crippen LogP contribution in [0.4, 0.5) is 14.5 Å². The molecule has 0 unspecified atom stereocenters. The second-order valence-corrected chi connectivity index (χ2v) is 14.8. The van der Waals surface area contributed by atoms with Crippen LogP contribution in [-0.2, 0) is 35.8 Å². The average Bonchev–Trinajstić information content (AvgIpc) is 3.58. The third-order valence-electron chi connectivity index (χ3n) is 6.12. The lowest BCUT2D eigenvalue weighted by Gasteiger charge is -2.35. The quantitative estimate of drug-likeness (QED) is 0.417. The van der Waals surface area contributed by atoms with Crippen molar-refractivity contribution in [2.24, 2.45) is 0 Å². The first kappa shape index (κ1) is 28.3. The molecule has 4 rings (SSSR count). The van der Waals surface area contributed by atoms with E-state index in [9.17, 15) is 30.4 Å². The zero-order chi connectivity index (χ0) is 28.0. The largest absolute Gasteiger partial charge is 0.486 e. The van der Waals surface area contributed by atoms with Gasteiger partial charge in [0.05, 0.1) is 41.5 Å². The van der Waals surface area contributed by atoms with Gasteiger partial charge in [0, 0.05) is 0 Å². The van der Waals surface area contributed by atoms with Gasteiger partial charge in [-0.25, -0.2) is 21.5 Å². The van der Waals surface area contributed by atoms with Crippen LogP contribution in [-0.4, -0.2) is 61.8 Å². The first-order valence-corrected chi connectivity index (χ1v) is 15.3. The van der Waals surface area contributed by atoms with Crippen molar-refractivity contribution in [3.63, 3.8) is 0 Å². The van der Waals surface area contributed by atoms with Crippen molar-refractivity contribution in [3.05, 3.63) is 35.7 Å². The van der Waals surface area contributed by atoms with Crippen molar-refractivity contribution in [2.75, 3.05) is 16.6 Å². The van der Waals surface area contributed by atoms with E-state index in [0.717, 1.165) is 10.5 Å². The number of benzene rings is 1. The van der Waals surface area contributed by atoms with Gasteiger partial charge in [-0.05, 0) is 64.7 Å². The normalized spacial score (nSPS) is 18.3. The number of anilines is 1. The van der Waals surface area contributed by atoms with Crippen molar-refractivity contribution in [1.29, 1.82) is 0 Å². The van der Waals surface area contributed by atoms with E-state index in [4.69, 9.17) is 9.47 Å². The second kappa shape index (κ2) is 10.1. The molecule has 210 valence electrons. The Morgan fingerprint density at radius 1 is 1.21 bits per heavy atom. The molecule has 1 aromatic carbocycles. The van der Waals surface area contributed by atoms with Crippen molar-refractivity contribution in [3.8, 4) is 5.75 Å². The van der Waals surface area contributed by atoms with Gasteiger partial charge < -0.3 is 9.47 Å². The molecule has 2 aromatic rings. The Labute approximate surface area is 220 Å². The third-order valence-corrected chi connectivity index (χ3v) is 10.3. The molecule has 0 saturated heterocycles. The molecule has 10 nitrogen and oxygen atoms in total. The standard InChI is InChI=1S/C24H31F2N3O7S2/c1-15-21(14-28(27-15)23(25)26)38(33,34)29-13-17(9-10-37(31,32)18-6-7-18)35-20-8-5-16(11-19(20)29)12-22(30)36-24(2,3)4/h5,8,11,14,17-18,23H,6-7,9-10,12-13H2,1-4H3/t17-/m0/s1. The van der Waals surface area contributed by atoms with Crippen LogP contribution in [0, 0.1) is 6.92 Å². The summed E-state index contributed by atoms with van der Waals surface area (Å²) in [6, 6.07) is 4.58. The van der Waals surface area contributed by atoms with Gasteiger partial charge in [-0.1, -0.05) is 6.07 Å². The molecule has 1 fully saturated rings. The van der Waals surface area contributed by atoms with Crippen LogP contribution >= 0.6 is 0 Å². The van der Waals surface area contributed by atoms with Gasteiger partial charge in [0.2, 0.25) is 0 Å². The van der Waals surface area contributed by atoms with E-state index in [1.54, 1.807) is 26.8 Å². The molecule has 1 aromatic heterocycles. The number of fused-ring (bicyclic) bond motifs is 1. The van der Waals surface area contributed by atoms with Crippen LogP contribution in [0.15, 0.2) is 29.3 Å². The van der Waals surface area contributed by atoms with E-state index in [1.165, 1.54) is 19.1 Å². The fourth-order valence-corrected chi connectivity index (χ4v) is 7.65. The topological polar surface area (TPSA) is 125 Å². The maximum Gasteiger partial charge on any atom is 0.333 e. The van der Waals surface area contributed by atoms with Crippen LogP contribution in [0.1, 0.15) is 57.8 Å². The number of carbonyl (C=O) groups excluding carboxylic acids is 1. The van der Waals surface area contributed by atoms with Crippen molar-refractivity contribution >= 4 is 31.5 Å². The van der Waals surface area contributed by atoms with Gasteiger partial charge in [-0.15, -0.1) is 0 Å². The summed E-state index contributed by atoms with van der Waals surface area (Å²) in [6.45, 7) is 3.22. The molecule has 14 heteroatoms. The van der Waals surface area contributed by atoms with Crippen LogP contribution in [0.2, 0.25) is 0 Å². The number of carbonyl (C=O) groups is 1. The highest BCUT2D eigenvalue weighted by Gasteiger charge is 2.39. The minimum atomic E-state index is -4.41. The molecule has 2 aliphatic rings. The first-order chi connectivity index (χ1) is 17.6. The van der Waals surface area contributed by atoms with E-state index < -0.39 is 49.0 Å². The molecule has 1 aliphatic carbocycles. The van der Waals surface area contributed by atoms with E-state index in [1.807, 2.05) is 0 Å². The summed E-state index contributed by atoms with van der Waals surface area (Å²) in [5.74, 6) is -0.508. The molecule has 0 radical (unpaired) electrons. The van der Waals surface area contributed by atoms with Crippen LogP contribution in [0.3, 0.4) is 0 Å². The SMILES string of the molecule is Cc1nn(C(F)F)cc1S(=O)(=O)N1C[C@H](CCS(=O)(=O)C2CC2)Oc2ccc(CC(=O)OC(C)(C)C)cc21. The van der Waals surface area contributed by atoms with Crippen molar-refractivity contribution in [1.82, 2.24) is 9.78 Å². The van der Waals surface area contributed by atoms with Gasteiger partial charge in [-0.2, -0.15) is 13.9 Å². The summed E-state index contributed by atoms with van der Waals surface area (Å²) in [5, 5.41) is 3.26. The number of rotatable bonds is 9. The summed E-state index contributed by atoms with van der Waals surface area (Å²) >= 11 is 0. The Bertz CT molecular complexity index is 1430. The van der Waals surface area contributed by atoms with Crippen molar-refractivity contribution < 1.29 is 39.9 Å². The molecular weight excluding hydrogens is 544 g/mol. The molecule has 0 N–H and O–H groups in total. The smallest absolute Gasteiger partial charge is 0.333 e. The molecule has 0 bridgehead atoms. The van der Waals surface area contributed by atoms with Gasteiger partial charge >= 0.3 is 12.5 Å². The second-order valence-electron chi connectivity index (χ2n) is 10.5. The monoisotopic (exact) mass is 575 g/mol. The molecule has 1 saturated carbocycles. The summed E-state index contributed by atoms with van der Waals surface area (Å²) in [6.07, 6.45) is 1.12. The van der Waals surface area contributed by atoms with Crippen molar-refractivity contribution in [2.45, 2.75) is 81.8 Å². The molecule has 0 amide bonds. The Morgan fingerprint density at radius 3 is 2.47 bits per heavy atom. The number of esters is 1. The van der Waals surface area contributed by atoms with Crippen LogP contribution < -0.4 is 9.04 Å². The summed E-state index contributed by atoms with van der Waals surface area (Å²) in [7, 11) is -7.73. The minimum Gasteiger partial charge on any atom is -0.486 e. The molecule has 2 heterocycles. The lowest BCUT2D eigenvalue weighted by Crippen LogP contribution is -2.44. The number of hydrogen-bond acceptors (Lipinski definition) is 8. The predicted molar refractivity (Wildman–Crippen MR) is 135 cm³/mol. The fraction of sp³-hybridized carbons (Fsp3) is 0.583. The highest BCUT2D eigenvalue weighted by Crippen LogP contribution is 2.39. The summed E-state index contributed by atoms with van der Waals surface area (Å²) in [4.78, 5) is 12.0. The molecule has 1 atom stereocenters. The van der Waals surface area contributed by atoms with Gasteiger partial charge in [-0.3, -0.25) is 9.10 Å². The Hall–Kier alpha value is -2.74. The average molecular weight is 576 g/mol. The minimum absolute atomic E-state index is 0.0548. The summed E-state index contributed by atoms with van der Waals surface area (Å²) < 4.78 is 91.4. The van der Waals surface area contributed by atoms with E-state index in [-0.39, 0.29) is 52.2 Å². The number of hydrogen-bond donors (Lipinski definition) is 0. The lowest BCUT2D eigenvalue weighted by molar-refractivity contribution is -0.153. The Morgan fingerprint density at radius 2 is 1.89 bits per heavy atom. The molecular formula is C24H31F2N3O7S2. The zero-order valence-corrected chi connectivity index (χ0v) is 23.2. The number of halogens is 2. The van der Waals surface area contributed by atoms with E-state index in [2.05, 4.69) is 5.10 Å². The Kier molecular flexibility index (Phi) is 7.51. The number of aromatic nitrogens is 2. The van der Waals surface area contributed by atoms with Crippen LogP contribution in [0.5, 0.6) is 5.75 Å². The predicted octanol–water partition coefficient (Wildman–Crippen LogP) is 3.39. The number of sulfonamides is 1. The zero-order valence-electron chi connectivity index (χ0n) is 21.6. The number of ether oxygens (including phenoxy) is 2. The van der Waals surface area contributed by atoms with E-state index >= 15 is 0 Å². The van der Waals surface area contributed by atoms with Gasteiger partial charge in [0.25, 0.3) is 10.0 Å². The number of aryl methyl sites for hydroxylation is 1. The van der Waals surface area contributed by atoms with Crippen LogP contribution in [0.25, 0.3) is 0 Å². The number of nitrogens with zero attached hydrogens (tertiary/aromatic N) is 3. The lowest BCUT2D eigenvalue weighted by atomic mass is 10.1. The highest BCUT2D eigenvalue weighted by atomic mass is 32.2. The number of alkyl halides is 2. The van der Waals surface area contributed by atoms with Gasteiger partial charge in [0.1, 0.15) is 22.4 Å². The Balaban J connectivity index is 1.68. The number of sulfone groups is 1. The molecule has 1 aliphatic heterocycles. The maximum absolute atomic E-state index is 13.8.